The number of esters is 1. The number of anilines is 1. The second kappa shape index (κ2) is 5.63. The van der Waals surface area contributed by atoms with Crippen LogP contribution in [0.25, 0.3) is 0 Å². The summed E-state index contributed by atoms with van der Waals surface area (Å²) in [5.74, 6) is -0.336. The summed E-state index contributed by atoms with van der Waals surface area (Å²) < 4.78 is 43.2. The number of halogens is 4. The minimum absolute atomic E-state index is 0.121. The molecule has 110 valence electrons. The van der Waals surface area contributed by atoms with Gasteiger partial charge in [0.25, 0.3) is 0 Å². The molecule has 1 unspecified atom stereocenters. The lowest BCUT2D eigenvalue weighted by Crippen LogP contribution is -2.32. The molecule has 1 aliphatic carbocycles. The first kappa shape index (κ1) is 15.2. The Hall–Kier alpha value is -1.24. The summed E-state index contributed by atoms with van der Waals surface area (Å²) in [4.78, 5) is 11.6. The second-order valence-electron chi connectivity index (χ2n) is 4.71. The number of carbonyl (C=O) groups excluding carboxylic acids is 1. The molecule has 0 spiro atoms. The van der Waals surface area contributed by atoms with Crippen molar-refractivity contribution < 1.29 is 22.7 Å². The van der Waals surface area contributed by atoms with Crippen molar-refractivity contribution in [3.8, 4) is 0 Å². The van der Waals surface area contributed by atoms with Crippen molar-refractivity contribution in [1.29, 1.82) is 0 Å². The first-order chi connectivity index (χ1) is 9.31. The van der Waals surface area contributed by atoms with Gasteiger partial charge in [0.15, 0.2) is 0 Å². The first-order valence-electron chi connectivity index (χ1n) is 6.03. The van der Waals surface area contributed by atoms with Gasteiger partial charge in [-0.05, 0) is 37.0 Å². The molecule has 20 heavy (non-hydrogen) atoms. The van der Waals surface area contributed by atoms with Gasteiger partial charge in [-0.2, -0.15) is 13.2 Å². The number of methoxy groups -OCH3 is 1. The third-order valence-corrected chi connectivity index (χ3v) is 3.55. The van der Waals surface area contributed by atoms with Crippen molar-refractivity contribution >= 4 is 27.6 Å². The predicted molar refractivity (Wildman–Crippen MR) is 71.3 cm³/mol. The van der Waals surface area contributed by atoms with Gasteiger partial charge in [0.1, 0.15) is 6.04 Å². The van der Waals surface area contributed by atoms with Gasteiger partial charge in [0.2, 0.25) is 0 Å². The van der Waals surface area contributed by atoms with E-state index < -0.39 is 23.8 Å². The molecule has 1 saturated carbocycles. The number of hydrogen-bond donors (Lipinski definition) is 1. The molecule has 1 aliphatic rings. The van der Waals surface area contributed by atoms with Crippen molar-refractivity contribution in [2.24, 2.45) is 5.92 Å². The summed E-state index contributed by atoms with van der Waals surface area (Å²) in [6, 6.07) is 2.89. The number of benzene rings is 1. The van der Waals surface area contributed by atoms with Crippen LogP contribution in [0.5, 0.6) is 0 Å². The number of ether oxygens (including phenoxy) is 1. The van der Waals surface area contributed by atoms with Gasteiger partial charge >= 0.3 is 12.1 Å². The third-order valence-electron chi connectivity index (χ3n) is 3.10. The van der Waals surface area contributed by atoms with Crippen molar-refractivity contribution in [3.63, 3.8) is 0 Å². The van der Waals surface area contributed by atoms with E-state index in [-0.39, 0.29) is 11.6 Å². The topological polar surface area (TPSA) is 38.3 Å². The zero-order valence-electron chi connectivity index (χ0n) is 10.6. The molecule has 0 aromatic heterocycles. The van der Waals surface area contributed by atoms with Crippen molar-refractivity contribution in [2.75, 3.05) is 12.4 Å². The summed E-state index contributed by atoms with van der Waals surface area (Å²) in [5.41, 5.74) is -0.525. The molecule has 0 bridgehead atoms. The summed E-state index contributed by atoms with van der Waals surface area (Å²) >= 11 is 3.05. The molecule has 1 atom stereocenters. The Balaban J connectivity index is 2.23. The highest BCUT2D eigenvalue weighted by molar-refractivity contribution is 9.10. The standard InChI is InChI=1S/C13H13BrF3NO2/c1-20-12(19)11(7-2-3-7)18-10-5-8(13(15,16)17)4-9(14)6-10/h4-7,11,18H,2-3H2,1H3. The largest absolute Gasteiger partial charge is 0.467 e. The predicted octanol–water partition coefficient (Wildman–Crippen LogP) is 3.83. The van der Waals surface area contributed by atoms with Crippen LogP contribution in [-0.2, 0) is 15.7 Å². The van der Waals surface area contributed by atoms with Gasteiger partial charge in [0.05, 0.1) is 12.7 Å². The smallest absolute Gasteiger partial charge is 0.416 e. The Morgan fingerprint density at radius 2 is 2.05 bits per heavy atom. The van der Waals surface area contributed by atoms with Gasteiger partial charge in [-0.3, -0.25) is 0 Å². The Labute approximate surface area is 122 Å². The molecule has 0 saturated heterocycles. The average molecular weight is 352 g/mol. The van der Waals surface area contributed by atoms with E-state index in [9.17, 15) is 18.0 Å². The molecular formula is C13H13BrF3NO2. The Morgan fingerprint density at radius 1 is 1.40 bits per heavy atom. The fraction of sp³-hybridized carbons (Fsp3) is 0.462. The Morgan fingerprint density at radius 3 is 2.55 bits per heavy atom. The molecule has 1 aromatic rings. The quantitative estimate of drug-likeness (QED) is 0.837. The molecule has 1 aromatic carbocycles. The summed E-state index contributed by atoms with van der Waals surface area (Å²) in [6.07, 6.45) is -2.69. The monoisotopic (exact) mass is 351 g/mol. The highest BCUT2D eigenvalue weighted by atomic mass is 79.9. The normalized spacial score (nSPS) is 16.6. The van der Waals surface area contributed by atoms with Crippen LogP contribution in [0.4, 0.5) is 18.9 Å². The second-order valence-corrected chi connectivity index (χ2v) is 5.62. The molecule has 0 amide bonds. The van der Waals surface area contributed by atoms with Crippen LogP contribution in [0, 0.1) is 5.92 Å². The molecule has 0 radical (unpaired) electrons. The molecule has 0 heterocycles. The van der Waals surface area contributed by atoms with Crippen LogP contribution in [0.1, 0.15) is 18.4 Å². The summed E-state index contributed by atoms with van der Waals surface area (Å²) in [7, 11) is 1.27. The number of alkyl halides is 3. The van der Waals surface area contributed by atoms with Crippen LogP contribution < -0.4 is 5.32 Å². The zero-order valence-corrected chi connectivity index (χ0v) is 12.2. The van der Waals surface area contributed by atoms with Crippen LogP contribution in [0.3, 0.4) is 0 Å². The lowest BCUT2D eigenvalue weighted by atomic mass is 10.1. The molecule has 1 N–H and O–H groups in total. The van der Waals surface area contributed by atoms with E-state index in [0.29, 0.717) is 4.47 Å². The van der Waals surface area contributed by atoms with Gasteiger partial charge in [-0.25, -0.2) is 4.79 Å². The number of carbonyl (C=O) groups is 1. The lowest BCUT2D eigenvalue weighted by Gasteiger charge is -2.18. The van der Waals surface area contributed by atoms with Crippen LogP contribution >= 0.6 is 15.9 Å². The maximum Gasteiger partial charge on any atom is 0.416 e. The van der Waals surface area contributed by atoms with E-state index >= 15 is 0 Å². The van der Waals surface area contributed by atoms with Gasteiger partial charge in [0, 0.05) is 10.2 Å². The van der Waals surface area contributed by atoms with Gasteiger partial charge in [-0.15, -0.1) is 0 Å². The van der Waals surface area contributed by atoms with Crippen molar-refractivity contribution in [3.05, 3.63) is 28.2 Å². The number of nitrogens with one attached hydrogen (secondary N) is 1. The summed E-state index contributed by atoms with van der Waals surface area (Å²) in [5, 5.41) is 2.84. The van der Waals surface area contributed by atoms with Crippen molar-refractivity contribution in [2.45, 2.75) is 25.1 Å². The van der Waals surface area contributed by atoms with E-state index in [0.717, 1.165) is 25.0 Å². The summed E-state index contributed by atoms with van der Waals surface area (Å²) in [6.45, 7) is 0. The van der Waals surface area contributed by atoms with Gasteiger partial charge < -0.3 is 10.1 Å². The highest BCUT2D eigenvalue weighted by Gasteiger charge is 2.37. The van der Waals surface area contributed by atoms with Gasteiger partial charge in [-0.1, -0.05) is 15.9 Å². The van der Waals surface area contributed by atoms with E-state index in [1.165, 1.54) is 13.2 Å². The molecular weight excluding hydrogens is 339 g/mol. The maximum atomic E-state index is 12.7. The Kier molecular flexibility index (Phi) is 4.27. The molecule has 7 heteroatoms. The minimum Gasteiger partial charge on any atom is -0.467 e. The molecule has 0 aliphatic heterocycles. The van der Waals surface area contributed by atoms with E-state index in [2.05, 4.69) is 26.0 Å². The fourth-order valence-electron chi connectivity index (χ4n) is 1.94. The van der Waals surface area contributed by atoms with Crippen LogP contribution in [-0.4, -0.2) is 19.1 Å². The van der Waals surface area contributed by atoms with E-state index in [1.807, 2.05) is 0 Å². The maximum absolute atomic E-state index is 12.7. The Bertz CT molecular complexity index is 515. The fourth-order valence-corrected chi connectivity index (χ4v) is 2.44. The van der Waals surface area contributed by atoms with E-state index in [4.69, 9.17) is 0 Å². The van der Waals surface area contributed by atoms with Crippen LogP contribution in [0.2, 0.25) is 0 Å². The SMILES string of the molecule is COC(=O)C(Nc1cc(Br)cc(C(F)(F)F)c1)C1CC1. The first-order valence-corrected chi connectivity index (χ1v) is 6.82. The molecule has 2 rings (SSSR count). The number of hydrogen-bond acceptors (Lipinski definition) is 3. The zero-order chi connectivity index (χ0) is 14.9. The van der Waals surface area contributed by atoms with Crippen molar-refractivity contribution in [1.82, 2.24) is 0 Å². The molecule has 1 fully saturated rings. The average Bonchev–Trinajstić information content (AvgIpc) is 3.17. The lowest BCUT2D eigenvalue weighted by molar-refractivity contribution is -0.142. The number of rotatable bonds is 4. The minimum atomic E-state index is -4.43. The third kappa shape index (κ3) is 3.65. The van der Waals surface area contributed by atoms with E-state index in [1.54, 1.807) is 0 Å². The van der Waals surface area contributed by atoms with Crippen LogP contribution in [0.15, 0.2) is 22.7 Å². The molecule has 3 nitrogen and oxygen atoms in total. The highest BCUT2D eigenvalue weighted by Crippen LogP contribution is 2.37.